The van der Waals surface area contributed by atoms with Gasteiger partial charge in [0.2, 0.25) is 5.91 Å². The molecule has 0 radical (unpaired) electrons. The number of rotatable bonds is 8. The number of imidazole rings is 1. The van der Waals surface area contributed by atoms with Gasteiger partial charge >= 0.3 is 0 Å². The number of carbonyl (C=O) groups excluding carboxylic acids is 1. The molecule has 0 aliphatic rings. The minimum atomic E-state index is -0.146. The molecule has 2 aromatic carbocycles. The molecule has 5 heteroatoms. The first-order chi connectivity index (χ1) is 13.5. The maximum Gasteiger partial charge on any atom is 0.217 e. The van der Waals surface area contributed by atoms with Crippen molar-refractivity contribution in [1.82, 2.24) is 14.9 Å². The molecule has 148 valence electrons. The van der Waals surface area contributed by atoms with E-state index in [4.69, 9.17) is 9.72 Å². The van der Waals surface area contributed by atoms with Gasteiger partial charge in [-0.25, -0.2) is 4.98 Å². The minimum absolute atomic E-state index is 0.0558. The number of nitrogens with one attached hydrogen (secondary N) is 1. The Morgan fingerprint density at radius 2 is 1.82 bits per heavy atom. The van der Waals surface area contributed by atoms with Crippen molar-refractivity contribution < 1.29 is 9.53 Å². The van der Waals surface area contributed by atoms with Gasteiger partial charge in [0.25, 0.3) is 0 Å². The summed E-state index contributed by atoms with van der Waals surface area (Å²) in [6, 6.07) is 16.1. The maximum absolute atomic E-state index is 11.5. The number of fused-ring (bicyclic) bond motifs is 1. The van der Waals surface area contributed by atoms with Gasteiger partial charge < -0.3 is 14.6 Å². The molecular formula is C23H29N3O2. The SMILES string of the molecule is CC(=O)NC(C)c1nc2ccccc2n1CCCOc1ccccc1C(C)C. The molecule has 3 rings (SSSR count). The smallest absolute Gasteiger partial charge is 0.217 e. The Balaban J connectivity index is 1.73. The van der Waals surface area contributed by atoms with Gasteiger partial charge in [0.05, 0.1) is 23.7 Å². The molecular weight excluding hydrogens is 350 g/mol. The summed E-state index contributed by atoms with van der Waals surface area (Å²) in [5.74, 6) is 2.21. The van der Waals surface area contributed by atoms with Crippen molar-refractivity contribution in [3.8, 4) is 5.75 Å². The molecule has 1 atom stereocenters. The fraction of sp³-hybridized carbons (Fsp3) is 0.391. The molecule has 1 N–H and O–H groups in total. The third-order valence-electron chi connectivity index (χ3n) is 4.82. The van der Waals surface area contributed by atoms with Crippen molar-refractivity contribution in [2.45, 2.75) is 52.6 Å². The van der Waals surface area contributed by atoms with Crippen LogP contribution >= 0.6 is 0 Å². The van der Waals surface area contributed by atoms with E-state index in [1.54, 1.807) is 0 Å². The minimum Gasteiger partial charge on any atom is -0.493 e. The van der Waals surface area contributed by atoms with E-state index >= 15 is 0 Å². The standard InChI is InChI=1S/C23H29N3O2/c1-16(2)19-10-5-8-13-22(19)28-15-9-14-26-21-12-7-6-11-20(21)25-23(26)17(3)24-18(4)27/h5-8,10-13,16-17H,9,14-15H2,1-4H3,(H,24,27). The van der Waals surface area contributed by atoms with Gasteiger partial charge in [0.1, 0.15) is 11.6 Å². The third-order valence-corrected chi connectivity index (χ3v) is 4.82. The monoisotopic (exact) mass is 379 g/mol. The first-order valence-electron chi connectivity index (χ1n) is 9.91. The number of benzene rings is 2. The van der Waals surface area contributed by atoms with E-state index in [1.807, 2.05) is 37.3 Å². The lowest BCUT2D eigenvalue weighted by atomic mass is 10.0. The quantitative estimate of drug-likeness (QED) is 0.571. The van der Waals surface area contributed by atoms with Crippen LogP contribution in [0.5, 0.6) is 5.75 Å². The predicted molar refractivity (Wildman–Crippen MR) is 113 cm³/mol. The second kappa shape index (κ2) is 8.91. The van der Waals surface area contributed by atoms with Crippen LogP contribution in [0.4, 0.5) is 0 Å². The number of ether oxygens (including phenoxy) is 1. The predicted octanol–water partition coefficient (Wildman–Crippen LogP) is 4.83. The molecule has 28 heavy (non-hydrogen) atoms. The molecule has 0 spiro atoms. The van der Waals surface area contributed by atoms with Crippen LogP contribution in [0, 0.1) is 0 Å². The van der Waals surface area contributed by atoms with Gasteiger partial charge in [-0.3, -0.25) is 4.79 Å². The highest BCUT2D eigenvalue weighted by molar-refractivity contribution is 5.77. The van der Waals surface area contributed by atoms with E-state index in [0.717, 1.165) is 35.6 Å². The Hall–Kier alpha value is -2.82. The van der Waals surface area contributed by atoms with E-state index in [1.165, 1.54) is 12.5 Å². The van der Waals surface area contributed by atoms with Crippen LogP contribution in [-0.4, -0.2) is 22.1 Å². The molecule has 0 fully saturated rings. The zero-order chi connectivity index (χ0) is 20.1. The number of aromatic nitrogens is 2. The average molecular weight is 380 g/mol. The Morgan fingerprint density at radius 3 is 2.57 bits per heavy atom. The van der Waals surface area contributed by atoms with E-state index in [0.29, 0.717) is 12.5 Å². The molecule has 3 aromatic rings. The van der Waals surface area contributed by atoms with Crippen molar-refractivity contribution in [1.29, 1.82) is 0 Å². The summed E-state index contributed by atoms with van der Waals surface area (Å²) in [4.78, 5) is 16.2. The molecule has 0 saturated carbocycles. The summed E-state index contributed by atoms with van der Waals surface area (Å²) in [5, 5.41) is 2.94. The molecule has 1 aromatic heterocycles. The number of nitrogens with zero attached hydrogens (tertiary/aromatic N) is 2. The van der Waals surface area contributed by atoms with Crippen molar-refractivity contribution >= 4 is 16.9 Å². The zero-order valence-electron chi connectivity index (χ0n) is 17.1. The summed E-state index contributed by atoms with van der Waals surface area (Å²) in [6.45, 7) is 9.26. The average Bonchev–Trinajstić information content (AvgIpc) is 3.04. The van der Waals surface area contributed by atoms with Crippen LogP contribution in [0.15, 0.2) is 48.5 Å². The molecule has 1 heterocycles. The van der Waals surface area contributed by atoms with Crippen molar-refractivity contribution in [3.63, 3.8) is 0 Å². The first kappa shape index (κ1) is 19.9. The van der Waals surface area contributed by atoms with Crippen LogP contribution in [0.1, 0.15) is 57.5 Å². The van der Waals surface area contributed by atoms with E-state index in [-0.39, 0.29) is 11.9 Å². The number of hydrogen-bond acceptors (Lipinski definition) is 3. The highest BCUT2D eigenvalue weighted by Gasteiger charge is 2.17. The molecule has 0 saturated heterocycles. The van der Waals surface area contributed by atoms with Crippen LogP contribution in [0.3, 0.4) is 0 Å². The number of carbonyl (C=O) groups is 1. The Labute approximate surface area is 166 Å². The number of para-hydroxylation sites is 3. The lowest BCUT2D eigenvalue weighted by Gasteiger charge is -2.17. The van der Waals surface area contributed by atoms with Crippen LogP contribution in [0.25, 0.3) is 11.0 Å². The zero-order valence-corrected chi connectivity index (χ0v) is 17.1. The lowest BCUT2D eigenvalue weighted by Crippen LogP contribution is -2.26. The summed E-state index contributed by atoms with van der Waals surface area (Å²) in [5.41, 5.74) is 3.26. The van der Waals surface area contributed by atoms with Crippen molar-refractivity contribution in [2.75, 3.05) is 6.61 Å². The topological polar surface area (TPSA) is 56.2 Å². The molecule has 1 unspecified atom stereocenters. The van der Waals surface area contributed by atoms with Crippen molar-refractivity contribution in [3.05, 3.63) is 59.9 Å². The fourth-order valence-electron chi connectivity index (χ4n) is 3.52. The maximum atomic E-state index is 11.5. The molecule has 1 amide bonds. The van der Waals surface area contributed by atoms with Gasteiger partial charge in [-0.05, 0) is 43.0 Å². The molecule has 0 aliphatic heterocycles. The Bertz CT molecular complexity index is 946. The van der Waals surface area contributed by atoms with Gasteiger partial charge in [0.15, 0.2) is 0 Å². The van der Waals surface area contributed by atoms with E-state index < -0.39 is 0 Å². The number of hydrogen-bond donors (Lipinski definition) is 1. The van der Waals surface area contributed by atoms with Crippen LogP contribution < -0.4 is 10.1 Å². The third kappa shape index (κ3) is 4.53. The van der Waals surface area contributed by atoms with Gasteiger partial charge in [-0.2, -0.15) is 0 Å². The normalized spacial score (nSPS) is 12.3. The number of aryl methyl sites for hydroxylation is 1. The summed E-state index contributed by atoms with van der Waals surface area (Å²) < 4.78 is 8.26. The largest absolute Gasteiger partial charge is 0.493 e. The van der Waals surface area contributed by atoms with Gasteiger partial charge in [-0.15, -0.1) is 0 Å². The first-order valence-corrected chi connectivity index (χ1v) is 9.91. The Morgan fingerprint density at radius 1 is 1.11 bits per heavy atom. The molecule has 5 nitrogen and oxygen atoms in total. The van der Waals surface area contributed by atoms with Gasteiger partial charge in [0, 0.05) is 13.5 Å². The van der Waals surface area contributed by atoms with Crippen LogP contribution in [-0.2, 0) is 11.3 Å². The van der Waals surface area contributed by atoms with E-state index in [9.17, 15) is 4.79 Å². The van der Waals surface area contributed by atoms with Crippen LogP contribution in [0.2, 0.25) is 0 Å². The second-order valence-electron chi connectivity index (χ2n) is 7.43. The number of amides is 1. The fourth-order valence-corrected chi connectivity index (χ4v) is 3.52. The molecule has 0 aliphatic carbocycles. The van der Waals surface area contributed by atoms with Crippen molar-refractivity contribution in [2.24, 2.45) is 0 Å². The second-order valence-corrected chi connectivity index (χ2v) is 7.43. The molecule has 0 bridgehead atoms. The highest BCUT2D eigenvalue weighted by atomic mass is 16.5. The highest BCUT2D eigenvalue weighted by Crippen LogP contribution is 2.26. The summed E-state index contributed by atoms with van der Waals surface area (Å²) in [7, 11) is 0. The Kier molecular flexibility index (Phi) is 6.34. The lowest BCUT2D eigenvalue weighted by molar-refractivity contribution is -0.119. The summed E-state index contributed by atoms with van der Waals surface area (Å²) >= 11 is 0. The van der Waals surface area contributed by atoms with E-state index in [2.05, 4.69) is 41.9 Å². The summed E-state index contributed by atoms with van der Waals surface area (Å²) in [6.07, 6.45) is 0.854. The van der Waals surface area contributed by atoms with Gasteiger partial charge in [-0.1, -0.05) is 44.2 Å².